The predicted molar refractivity (Wildman–Crippen MR) is 193 cm³/mol. The number of esters is 1. The van der Waals surface area contributed by atoms with Gasteiger partial charge in [-0.2, -0.15) is 10.2 Å². The van der Waals surface area contributed by atoms with Gasteiger partial charge < -0.3 is 14.4 Å². The van der Waals surface area contributed by atoms with Crippen LogP contribution in [0.15, 0.2) is 35.2 Å². The Balaban J connectivity index is 1.22. The van der Waals surface area contributed by atoms with Crippen LogP contribution < -0.4 is 0 Å². The van der Waals surface area contributed by atoms with Crippen molar-refractivity contribution in [1.29, 1.82) is 0 Å². The third kappa shape index (κ3) is 6.62. The number of carbonyl (C=O) groups excluding carboxylic acids is 1. The number of phenols is 1. The highest BCUT2D eigenvalue weighted by atomic mass is 35.5. The van der Waals surface area contributed by atoms with Gasteiger partial charge >= 0.3 is 5.97 Å². The van der Waals surface area contributed by atoms with E-state index in [0.717, 1.165) is 91.5 Å². The summed E-state index contributed by atoms with van der Waals surface area (Å²) >= 11 is 8.76. The van der Waals surface area contributed by atoms with E-state index in [1.165, 1.54) is 19.1 Å². The minimum atomic E-state index is -0.231. The number of ether oxygens (including phenoxy) is 1. The molecule has 9 nitrogen and oxygen atoms in total. The smallest absolute Gasteiger partial charge is 0.307 e. The van der Waals surface area contributed by atoms with Gasteiger partial charge in [0.2, 0.25) is 0 Å². The average Bonchev–Trinajstić information content (AvgIpc) is 3.63. The molecule has 48 heavy (non-hydrogen) atoms. The molecule has 3 aromatic heterocycles. The topological polar surface area (TPSA) is 90.3 Å². The summed E-state index contributed by atoms with van der Waals surface area (Å²) in [7, 11) is 7.48. The van der Waals surface area contributed by atoms with Crippen molar-refractivity contribution in [2.24, 2.45) is 14.1 Å². The van der Waals surface area contributed by atoms with Gasteiger partial charge in [0.1, 0.15) is 5.75 Å². The van der Waals surface area contributed by atoms with E-state index in [2.05, 4.69) is 49.4 Å². The Hall–Kier alpha value is -3.73. The van der Waals surface area contributed by atoms with E-state index >= 15 is 0 Å². The zero-order valence-electron chi connectivity index (χ0n) is 29.0. The van der Waals surface area contributed by atoms with Crippen molar-refractivity contribution in [2.75, 3.05) is 14.2 Å². The predicted octanol–water partition coefficient (Wildman–Crippen LogP) is 7.43. The van der Waals surface area contributed by atoms with E-state index in [1.54, 1.807) is 11.8 Å². The summed E-state index contributed by atoms with van der Waals surface area (Å²) in [5.41, 5.74) is 11.8. The van der Waals surface area contributed by atoms with Crippen LogP contribution in [-0.2, 0) is 61.9 Å². The van der Waals surface area contributed by atoms with Crippen molar-refractivity contribution in [1.82, 2.24) is 29.0 Å². The number of methoxy groups -OCH3 is 1. The summed E-state index contributed by atoms with van der Waals surface area (Å²) in [5, 5.41) is 22.2. The van der Waals surface area contributed by atoms with Gasteiger partial charge in [-0.05, 0) is 101 Å². The Kier molecular flexibility index (Phi) is 9.97. The molecule has 5 aromatic rings. The molecule has 3 heterocycles. The van der Waals surface area contributed by atoms with E-state index in [4.69, 9.17) is 26.5 Å². The summed E-state index contributed by atoms with van der Waals surface area (Å²) < 4.78 is 11.0. The zero-order valence-corrected chi connectivity index (χ0v) is 30.6. The number of aromatic nitrogens is 5. The maximum absolute atomic E-state index is 12.0. The molecule has 0 amide bonds. The molecule has 2 aromatic carbocycles. The van der Waals surface area contributed by atoms with E-state index in [1.807, 2.05) is 41.7 Å². The summed E-state index contributed by atoms with van der Waals surface area (Å²) in [6, 6.07) is 10.3. The van der Waals surface area contributed by atoms with Crippen LogP contribution in [-0.4, -0.2) is 54.3 Å². The highest BCUT2D eigenvalue weighted by Gasteiger charge is 2.25. The largest absolute Gasteiger partial charge is 0.508 e. The second kappa shape index (κ2) is 14.0. The minimum absolute atomic E-state index is 0.231. The van der Waals surface area contributed by atoms with Crippen LogP contribution in [0.2, 0.25) is 5.02 Å². The number of hydrogen-bond acceptors (Lipinski definition) is 7. The zero-order chi connectivity index (χ0) is 34.3. The number of benzene rings is 2. The number of thioether (sulfide) groups is 1. The van der Waals surface area contributed by atoms with Gasteiger partial charge in [0.15, 0.2) is 0 Å². The summed E-state index contributed by atoms with van der Waals surface area (Å²) in [6.45, 7) is 8.10. The van der Waals surface area contributed by atoms with Crippen LogP contribution in [0.25, 0.3) is 22.0 Å². The van der Waals surface area contributed by atoms with Gasteiger partial charge in [-0.25, -0.2) is 0 Å². The van der Waals surface area contributed by atoms with Gasteiger partial charge in [0, 0.05) is 88.5 Å². The number of nitrogens with zero attached hydrogens (tertiary/aromatic N) is 6. The number of phenolic OH excluding ortho intramolecular Hbond substituents is 1. The van der Waals surface area contributed by atoms with Gasteiger partial charge in [-0.3, -0.25) is 19.1 Å². The fourth-order valence-electron chi connectivity index (χ4n) is 7.11. The molecular weight excluding hydrogens is 644 g/mol. The number of carbonyl (C=O) groups is 1. The lowest BCUT2D eigenvalue weighted by Gasteiger charge is -2.18. The van der Waals surface area contributed by atoms with Crippen LogP contribution in [0.3, 0.4) is 0 Å². The second-order valence-electron chi connectivity index (χ2n) is 13.0. The number of rotatable bonds is 11. The van der Waals surface area contributed by atoms with Gasteiger partial charge in [-0.1, -0.05) is 11.6 Å². The molecule has 11 heteroatoms. The molecule has 0 atom stereocenters. The van der Waals surface area contributed by atoms with Crippen LogP contribution in [0.1, 0.15) is 64.4 Å². The third-order valence-corrected chi connectivity index (χ3v) is 11.2. The van der Waals surface area contributed by atoms with Crippen molar-refractivity contribution in [3.8, 4) is 16.9 Å². The highest BCUT2D eigenvalue weighted by Crippen LogP contribution is 2.42. The van der Waals surface area contributed by atoms with Crippen LogP contribution in [0.5, 0.6) is 5.75 Å². The molecule has 1 aliphatic carbocycles. The number of hydrogen-bond donors (Lipinski definition) is 1. The van der Waals surface area contributed by atoms with Crippen LogP contribution in [0.4, 0.5) is 0 Å². The quantitative estimate of drug-likeness (QED) is 0.114. The first kappa shape index (κ1) is 34.1. The molecule has 254 valence electrons. The number of aryl methyl sites for hydroxylation is 5. The number of halogens is 1. The monoisotopic (exact) mass is 688 g/mol. The lowest BCUT2D eigenvalue weighted by atomic mass is 9.91. The van der Waals surface area contributed by atoms with Crippen molar-refractivity contribution in [2.45, 2.75) is 83.2 Å². The molecule has 0 saturated carbocycles. The van der Waals surface area contributed by atoms with Crippen molar-refractivity contribution >= 4 is 40.2 Å². The molecule has 6 rings (SSSR count). The van der Waals surface area contributed by atoms with E-state index in [0.29, 0.717) is 36.8 Å². The SMILES string of the molecule is COC(=O)CCn1c(C)c(C)c2c(-c3c(CN(C)Cc4cc(CSc5cc(O)c6c(c5)CCCC6)n(C)n4)nn(C)c3C)c(Cl)ccc21. The molecule has 0 saturated heterocycles. The van der Waals surface area contributed by atoms with Crippen LogP contribution in [0, 0.1) is 20.8 Å². The minimum Gasteiger partial charge on any atom is -0.508 e. The Bertz CT molecular complexity index is 2010. The summed E-state index contributed by atoms with van der Waals surface area (Å²) in [4.78, 5) is 15.3. The Morgan fingerprint density at radius 2 is 1.79 bits per heavy atom. The van der Waals surface area contributed by atoms with Crippen molar-refractivity contribution < 1.29 is 14.6 Å². The average molecular weight is 689 g/mol. The van der Waals surface area contributed by atoms with Crippen molar-refractivity contribution in [3.05, 3.63) is 80.5 Å². The normalized spacial score (nSPS) is 13.1. The van der Waals surface area contributed by atoms with E-state index in [-0.39, 0.29) is 5.97 Å². The second-order valence-corrected chi connectivity index (χ2v) is 14.5. The fourth-order valence-corrected chi connectivity index (χ4v) is 8.37. The van der Waals surface area contributed by atoms with Crippen LogP contribution >= 0.6 is 23.4 Å². The van der Waals surface area contributed by atoms with Gasteiger partial charge in [0.05, 0.1) is 24.9 Å². The molecule has 1 N–H and O–H groups in total. The van der Waals surface area contributed by atoms with Crippen molar-refractivity contribution in [3.63, 3.8) is 0 Å². The maximum Gasteiger partial charge on any atom is 0.307 e. The molecule has 0 fully saturated rings. The fraction of sp³-hybridized carbons (Fsp3) is 0.432. The first-order chi connectivity index (χ1) is 23.0. The number of aromatic hydroxyl groups is 1. The molecule has 0 bridgehead atoms. The third-order valence-electron chi connectivity index (χ3n) is 9.85. The summed E-state index contributed by atoms with van der Waals surface area (Å²) in [6.07, 6.45) is 4.65. The number of fused-ring (bicyclic) bond motifs is 2. The summed E-state index contributed by atoms with van der Waals surface area (Å²) in [5.74, 6) is 0.977. The molecular formula is C37H45ClN6O3S. The molecule has 0 aliphatic heterocycles. The first-order valence-electron chi connectivity index (χ1n) is 16.5. The van der Waals surface area contributed by atoms with E-state index in [9.17, 15) is 9.90 Å². The Labute approximate surface area is 291 Å². The molecule has 0 spiro atoms. The molecule has 0 radical (unpaired) electrons. The lowest BCUT2D eigenvalue weighted by Crippen LogP contribution is -2.18. The van der Waals surface area contributed by atoms with Gasteiger partial charge in [-0.15, -0.1) is 11.8 Å². The first-order valence-corrected chi connectivity index (χ1v) is 17.9. The Morgan fingerprint density at radius 1 is 1.02 bits per heavy atom. The highest BCUT2D eigenvalue weighted by molar-refractivity contribution is 7.98. The standard InChI is InChI=1S/C37H45ClN6O3S/c1-22-23(2)44(15-14-34(46)47-7)32-13-12-30(38)37(35(22)32)36-24(3)42(5)40-31(36)20-41(4)19-26-17-27(43(6)39-26)21-48-28-16-25-10-8-9-11-29(25)33(45)18-28/h12-13,16-18,45H,8-11,14-15,19-21H2,1-7H3. The maximum atomic E-state index is 12.0. The van der Waals surface area contributed by atoms with E-state index < -0.39 is 0 Å². The van der Waals surface area contributed by atoms with Gasteiger partial charge in [0.25, 0.3) is 0 Å². The Morgan fingerprint density at radius 3 is 2.56 bits per heavy atom. The molecule has 0 unspecified atom stereocenters. The molecule has 1 aliphatic rings. The lowest BCUT2D eigenvalue weighted by molar-refractivity contribution is -0.140.